The van der Waals surface area contributed by atoms with Crippen LogP contribution < -0.4 is 5.32 Å². The average Bonchev–Trinajstić information content (AvgIpc) is 2.35. The van der Waals surface area contributed by atoms with Crippen molar-refractivity contribution in [1.82, 2.24) is 4.98 Å². The molecule has 1 N–H and O–H groups in total. The lowest BCUT2D eigenvalue weighted by molar-refractivity contribution is 0.102. The van der Waals surface area contributed by atoms with Gasteiger partial charge in [0, 0.05) is 5.56 Å². The molecular weight excluding hydrogens is 238 g/mol. The summed E-state index contributed by atoms with van der Waals surface area (Å²) < 4.78 is 25.6. The van der Waals surface area contributed by atoms with E-state index < -0.39 is 17.7 Å². The number of nitrogens with one attached hydrogen (secondary N) is 1. The van der Waals surface area contributed by atoms with E-state index in [2.05, 4.69) is 10.3 Å². The Morgan fingerprint density at radius 2 is 2.00 bits per heavy atom. The highest BCUT2D eigenvalue weighted by Crippen LogP contribution is 2.13. The van der Waals surface area contributed by atoms with Crippen molar-refractivity contribution in [3.63, 3.8) is 0 Å². The van der Waals surface area contributed by atoms with Gasteiger partial charge in [0.2, 0.25) is 5.95 Å². The molecule has 1 amide bonds. The number of aromatic nitrogens is 1. The first kappa shape index (κ1) is 12.2. The number of benzene rings is 1. The van der Waals surface area contributed by atoms with Gasteiger partial charge < -0.3 is 5.32 Å². The molecule has 0 saturated heterocycles. The molecule has 0 unspecified atom stereocenters. The minimum absolute atomic E-state index is 0.235. The predicted molar refractivity (Wildman–Crippen MR) is 63.3 cm³/mol. The number of anilines is 1. The molecule has 0 spiro atoms. The summed E-state index contributed by atoms with van der Waals surface area (Å²) in [6.07, 6.45) is 1.20. The fourth-order valence-electron chi connectivity index (χ4n) is 1.49. The van der Waals surface area contributed by atoms with Crippen molar-refractivity contribution in [2.75, 3.05) is 5.32 Å². The molecule has 2 aromatic rings. The van der Waals surface area contributed by atoms with Gasteiger partial charge in [-0.3, -0.25) is 4.79 Å². The van der Waals surface area contributed by atoms with Gasteiger partial charge >= 0.3 is 0 Å². The van der Waals surface area contributed by atoms with Crippen LogP contribution in [-0.4, -0.2) is 10.9 Å². The largest absolute Gasteiger partial charge is 0.321 e. The zero-order chi connectivity index (χ0) is 13.1. The van der Waals surface area contributed by atoms with Crippen molar-refractivity contribution in [2.45, 2.75) is 6.92 Å². The summed E-state index contributed by atoms with van der Waals surface area (Å²) in [7, 11) is 0. The van der Waals surface area contributed by atoms with Crippen LogP contribution in [0.2, 0.25) is 0 Å². The fraction of sp³-hybridized carbons (Fsp3) is 0.0769. The van der Waals surface area contributed by atoms with Crippen molar-refractivity contribution in [3.05, 3.63) is 59.4 Å². The Balaban J connectivity index is 2.21. The topological polar surface area (TPSA) is 42.0 Å². The van der Waals surface area contributed by atoms with E-state index in [-0.39, 0.29) is 5.56 Å². The van der Waals surface area contributed by atoms with Crippen LogP contribution in [0.5, 0.6) is 0 Å². The summed E-state index contributed by atoms with van der Waals surface area (Å²) >= 11 is 0. The van der Waals surface area contributed by atoms with E-state index in [9.17, 15) is 13.6 Å². The summed E-state index contributed by atoms with van der Waals surface area (Å²) in [5, 5.41) is 2.52. The van der Waals surface area contributed by atoms with Gasteiger partial charge in [-0.25, -0.2) is 9.37 Å². The van der Waals surface area contributed by atoms with Crippen LogP contribution in [0.3, 0.4) is 0 Å². The van der Waals surface area contributed by atoms with Gasteiger partial charge in [-0.15, -0.1) is 0 Å². The normalized spacial score (nSPS) is 10.2. The van der Waals surface area contributed by atoms with Crippen LogP contribution in [0.15, 0.2) is 36.5 Å². The summed E-state index contributed by atoms with van der Waals surface area (Å²) in [6, 6.07) is 6.48. The average molecular weight is 248 g/mol. The number of halogens is 2. The lowest BCUT2D eigenvalue weighted by Crippen LogP contribution is -2.13. The molecule has 5 heteroatoms. The Morgan fingerprint density at radius 1 is 1.22 bits per heavy atom. The highest BCUT2D eigenvalue weighted by atomic mass is 19.1. The van der Waals surface area contributed by atoms with Gasteiger partial charge in [-0.1, -0.05) is 6.07 Å². The maximum Gasteiger partial charge on any atom is 0.256 e. The van der Waals surface area contributed by atoms with Crippen LogP contribution in [0.4, 0.5) is 14.5 Å². The molecule has 0 aliphatic heterocycles. The zero-order valence-electron chi connectivity index (χ0n) is 9.58. The van der Waals surface area contributed by atoms with Crippen LogP contribution in [0.25, 0.3) is 0 Å². The second-order valence-corrected chi connectivity index (χ2v) is 3.78. The molecule has 0 fully saturated rings. The van der Waals surface area contributed by atoms with E-state index >= 15 is 0 Å². The second-order valence-electron chi connectivity index (χ2n) is 3.78. The van der Waals surface area contributed by atoms with Crippen molar-refractivity contribution in [2.24, 2.45) is 0 Å². The van der Waals surface area contributed by atoms with E-state index in [1.165, 1.54) is 24.4 Å². The number of amides is 1. The summed E-state index contributed by atoms with van der Waals surface area (Å²) in [5.74, 6) is -1.57. The highest BCUT2D eigenvalue weighted by molar-refractivity contribution is 6.05. The Bertz CT molecular complexity index is 582. The minimum Gasteiger partial charge on any atom is -0.321 e. The Morgan fingerprint density at radius 3 is 2.67 bits per heavy atom. The van der Waals surface area contributed by atoms with E-state index in [1.54, 1.807) is 6.92 Å². The third-order valence-electron chi connectivity index (χ3n) is 2.43. The molecule has 3 nitrogen and oxygen atoms in total. The summed E-state index contributed by atoms with van der Waals surface area (Å²) in [6.45, 7) is 1.71. The molecule has 0 atom stereocenters. The first-order valence-electron chi connectivity index (χ1n) is 5.25. The van der Waals surface area contributed by atoms with Crippen molar-refractivity contribution < 1.29 is 13.6 Å². The van der Waals surface area contributed by atoms with E-state index in [0.29, 0.717) is 11.3 Å². The lowest BCUT2D eigenvalue weighted by Gasteiger charge is -2.07. The predicted octanol–water partition coefficient (Wildman–Crippen LogP) is 2.92. The van der Waals surface area contributed by atoms with Crippen LogP contribution in [0, 0.1) is 18.7 Å². The Hall–Kier alpha value is -2.30. The number of carbonyl (C=O) groups excluding carboxylic acids is 1. The SMILES string of the molecule is Cc1ccc(F)cc1C(=O)Nc1ccc(F)nc1. The van der Waals surface area contributed by atoms with E-state index in [4.69, 9.17) is 0 Å². The van der Waals surface area contributed by atoms with Crippen molar-refractivity contribution in [3.8, 4) is 0 Å². The fourth-order valence-corrected chi connectivity index (χ4v) is 1.49. The molecule has 92 valence electrons. The Kier molecular flexibility index (Phi) is 3.32. The van der Waals surface area contributed by atoms with Gasteiger partial charge in [0.15, 0.2) is 0 Å². The molecule has 0 bridgehead atoms. The van der Waals surface area contributed by atoms with E-state index in [0.717, 1.165) is 12.1 Å². The molecule has 0 aliphatic rings. The van der Waals surface area contributed by atoms with Crippen LogP contribution in [-0.2, 0) is 0 Å². The van der Waals surface area contributed by atoms with Crippen LogP contribution in [0.1, 0.15) is 15.9 Å². The molecule has 0 saturated carbocycles. The molecular formula is C13H10F2N2O. The van der Waals surface area contributed by atoms with Crippen molar-refractivity contribution in [1.29, 1.82) is 0 Å². The molecule has 2 rings (SSSR count). The second kappa shape index (κ2) is 4.91. The van der Waals surface area contributed by atoms with E-state index in [1.807, 2.05) is 0 Å². The number of carbonyl (C=O) groups is 1. The molecule has 0 radical (unpaired) electrons. The molecule has 0 aliphatic carbocycles. The molecule has 1 aromatic heterocycles. The summed E-state index contributed by atoms with van der Waals surface area (Å²) in [4.78, 5) is 15.3. The highest BCUT2D eigenvalue weighted by Gasteiger charge is 2.10. The zero-order valence-corrected chi connectivity index (χ0v) is 9.58. The van der Waals surface area contributed by atoms with Gasteiger partial charge in [-0.05, 0) is 36.8 Å². The molecule has 18 heavy (non-hydrogen) atoms. The Labute approximate surface area is 102 Å². The standard InChI is InChI=1S/C13H10F2N2O/c1-8-2-3-9(14)6-11(8)13(18)17-10-4-5-12(15)16-7-10/h2-7H,1H3,(H,17,18). The number of aryl methyl sites for hydroxylation is 1. The van der Waals surface area contributed by atoms with Gasteiger partial charge in [0.1, 0.15) is 5.82 Å². The maximum absolute atomic E-state index is 13.1. The lowest BCUT2D eigenvalue weighted by atomic mass is 10.1. The summed E-state index contributed by atoms with van der Waals surface area (Å²) in [5.41, 5.74) is 1.24. The number of rotatable bonds is 2. The quantitative estimate of drug-likeness (QED) is 0.830. The number of nitrogens with zero attached hydrogens (tertiary/aromatic N) is 1. The molecule has 1 heterocycles. The van der Waals surface area contributed by atoms with Gasteiger partial charge in [0.25, 0.3) is 5.91 Å². The number of hydrogen-bond donors (Lipinski definition) is 1. The van der Waals surface area contributed by atoms with Crippen LogP contribution >= 0.6 is 0 Å². The third-order valence-corrected chi connectivity index (χ3v) is 2.43. The number of hydrogen-bond acceptors (Lipinski definition) is 2. The van der Waals surface area contributed by atoms with Crippen molar-refractivity contribution >= 4 is 11.6 Å². The smallest absolute Gasteiger partial charge is 0.256 e. The maximum atomic E-state index is 13.1. The number of pyridine rings is 1. The molecule has 1 aromatic carbocycles. The first-order valence-corrected chi connectivity index (χ1v) is 5.25. The first-order chi connectivity index (χ1) is 8.56. The minimum atomic E-state index is -0.630. The monoisotopic (exact) mass is 248 g/mol. The van der Waals surface area contributed by atoms with Gasteiger partial charge in [0.05, 0.1) is 11.9 Å². The third kappa shape index (κ3) is 2.68. The van der Waals surface area contributed by atoms with Gasteiger partial charge in [-0.2, -0.15) is 4.39 Å².